The Hall–Kier alpha value is -1.11. The van der Waals surface area contributed by atoms with Gasteiger partial charge in [0.05, 0.1) is 23.5 Å². The van der Waals surface area contributed by atoms with E-state index in [2.05, 4.69) is 5.32 Å². The minimum atomic E-state index is -3.41. The van der Waals surface area contributed by atoms with Crippen molar-refractivity contribution >= 4 is 33.2 Å². The van der Waals surface area contributed by atoms with E-state index in [1.807, 2.05) is 0 Å². The third-order valence-corrected chi connectivity index (χ3v) is 5.21. The van der Waals surface area contributed by atoms with Crippen molar-refractivity contribution in [2.24, 2.45) is 0 Å². The van der Waals surface area contributed by atoms with Gasteiger partial charge in [0.15, 0.2) is 0 Å². The number of carbonyl (C=O) groups is 1. The molecule has 1 aromatic carbocycles. The van der Waals surface area contributed by atoms with Crippen LogP contribution in [0.25, 0.3) is 0 Å². The summed E-state index contributed by atoms with van der Waals surface area (Å²) in [7, 11) is -3.41. The number of sulfonamides is 1. The molecule has 1 aliphatic carbocycles. The lowest BCUT2D eigenvalue weighted by Gasteiger charge is -2.25. The molecule has 0 heterocycles. The van der Waals surface area contributed by atoms with E-state index < -0.39 is 10.0 Å². The van der Waals surface area contributed by atoms with Crippen LogP contribution in [0, 0.1) is 0 Å². The second-order valence-corrected chi connectivity index (χ2v) is 7.62. The minimum Gasteiger partial charge on any atom is -0.324 e. The number of hydrogen-bond donors (Lipinski definition) is 1. The molecule has 1 amide bonds. The number of para-hydroxylation sites is 1. The summed E-state index contributed by atoms with van der Waals surface area (Å²) in [6.07, 6.45) is 4.78. The van der Waals surface area contributed by atoms with E-state index in [0.717, 1.165) is 31.9 Å². The summed E-state index contributed by atoms with van der Waals surface area (Å²) in [6.45, 7) is -0.172. The fraction of sp³-hybridized carbons (Fsp3) is 0.500. The molecular weight excluding hydrogens is 312 g/mol. The topological polar surface area (TPSA) is 66.5 Å². The average Bonchev–Trinajstić information content (AvgIpc) is 2.91. The van der Waals surface area contributed by atoms with Gasteiger partial charge < -0.3 is 5.32 Å². The second kappa shape index (κ2) is 6.77. The van der Waals surface area contributed by atoms with Gasteiger partial charge in [-0.3, -0.25) is 4.79 Å². The smallest absolute Gasteiger partial charge is 0.239 e. The fourth-order valence-electron chi connectivity index (χ4n) is 2.60. The van der Waals surface area contributed by atoms with E-state index in [9.17, 15) is 13.2 Å². The van der Waals surface area contributed by atoms with E-state index in [-0.39, 0.29) is 18.5 Å². The normalized spacial score (nSPS) is 16.3. The predicted molar refractivity (Wildman–Crippen MR) is 83.9 cm³/mol. The van der Waals surface area contributed by atoms with E-state index in [1.54, 1.807) is 24.3 Å². The molecule has 1 fully saturated rings. The van der Waals surface area contributed by atoms with Crippen molar-refractivity contribution < 1.29 is 13.2 Å². The summed E-state index contributed by atoms with van der Waals surface area (Å²) in [6, 6.07) is 6.80. The van der Waals surface area contributed by atoms with Gasteiger partial charge in [-0.2, -0.15) is 4.31 Å². The van der Waals surface area contributed by atoms with Gasteiger partial charge in [-0.25, -0.2) is 8.42 Å². The zero-order valence-corrected chi connectivity index (χ0v) is 13.5. The number of halogens is 1. The molecule has 1 saturated carbocycles. The van der Waals surface area contributed by atoms with Crippen LogP contribution in [0.4, 0.5) is 5.69 Å². The molecule has 21 heavy (non-hydrogen) atoms. The van der Waals surface area contributed by atoms with Crippen molar-refractivity contribution in [3.63, 3.8) is 0 Å². The maximum atomic E-state index is 12.1. The van der Waals surface area contributed by atoms with Gasteiger partial charge >= 0.3 is 0 Å². The molecule has 0 spiro atoms. The Kier molecular flexibility index (Phi) is 5.24. The third kappa shape index (κ3) is 4.43. The molecule has 0 bridgehead atoms. The first kappa shape index (κ1) is 16.3. The molecule has 0 radical (unpaired) electrons. The maximum absolute atomic E-state index is 12.1. The Morgan fingerprint density at radius 3 is 2.52 bits per heavy atom. The van der Waals surface area contributed by atoms with Crippen LogP contribution in [0.5, 0.6) is 0 Å². The van der Waals surface area contributed by atoms with Crippen molar-refractivity contribution in [3.8, 4) is 0 Å². The molecule has 0 unspecified atom stereocenters. The van der Waals surface area contributed by atoms with Crippen molar-refractivity contribution in [2.75, 3.05) is 18.1 Å². The summed E-state index contributed by atoms with van der Waals surface area (Å²) in [5, 5.41) is 3.09. The molecule has 1 N–H and O–H groups in total. The zero-order chi connectivity index (χ0) is 15.5. The molecule has 7 heteroatoms. The van der Waals surface area contributed by atoms with Crippen molar-refractivity contribution in [1.82, 2.24) is 4.31 Å². The van der Waals surface area contributed by atoms with Gasteiger partial charge in [-0.05, 0) is 25.0 Å². The van der Waals surface area contributed by atoms with E-state index >= 15 is 0 Å². The number of amides is 1. The largest absolute Gasteiger partial charge is 0.324 e. The average molecular weight is 331 g/mol. The molecule has 0 atom stereocenters. The first-order valence-corrected chi connectivity index (χ1v) is 9.12. The SMILES string of the molecule is CS(=O)(=O)N(CC(=O)Nc1ccccc1Cl)C1CCCC1. The highest BCUT2D eigenvalue weighted by atomic mass is 35.5. The quantitative estimate of drug-likeness (QED) is 0.902. The standard InChI is InChI=1S/C14H19ClN2O3S/c1-21(19,20)17(11-6-2-3-7-11)10-14(18)16-13-9-5-4-8-12(13)15/h4-5,8-9,11H,2-3,6-7,10H2,1H3,(H,16,18). The highest BCUT2D eigenvalue weighted by Crippen LogP contribution is 2.25. The van der Waals surface area contributed by atoms with Crippen LogP contribution >= 0.6 is 11.6 Å². The van der Waals surface area contributed by atoms with Crippen LogP contribution in [0.3, 0.4) is 0 Å². The summed E-state index contributed by atoms with van der Waals surface area (Å²) in [5.74, 6) is -0.375. The number of nitrogens with zero attached hydrogens (tertiary/aromatic N) is 1. The number of carbonyl (C=O) groups excluding carboxylic acids is 1. The van der Waals surface area contributed by atoms with Crippen molar-refractivity contribution in [1.29, 1.82) is 0 Å². The Balaban J connectivity index is 2.06. The summed E-state index contributed by atoms with van der Waals surface area (Å²) in [5.41, 5.74) is 0.490. The molecule has 116 valence electrons. The van der Waals surface area contributed by atoms with Gasteiger partial charge in [0.25, 0.3) is 0 Å². The van der Waals surface area contributed by atoms with Gasteiger partial charge in [0, 0.05) is 6.04 Å². The lowest BCUT2D eigenvalue weighted by Crippen LogP contribution is -2.43. The molecule has 2 rings (SSSR count). The Morgan fingerprint density at radius 2 is 1.95 bits per heavy atom. The zero-order valence-electron chi connectivity index (χ0n) is 11.9. The minimum absolute atomic E-state index is 0.0722. The van der Waals surface area contributed by atoms with Gasteiger partial charge in [-0.15, -0.1) is 0 Å². The number of benzene rings is 1. The van der Waals surface area contributed by atoms with Gasteiger partial charge in [-0.1, -0.05) is 36.6 Å². The number of hydrogen-bond acceptors (Lipinski definition) is 3. The molecule has 0 aliphatic heterocycles. The predicted octanol–water partition coefficient (Wildman–Crippen LogP) is 2.48. The first-order valence-electron chi connectivity index (χ1n) is 6.89. The molecule has 1 aromatic rings. The Labute approximate surface area is 130 Å². The van der Waals surface area contributed by atoms with Crippen LogP contribution in [0.15, 0.2) is 24.3 Å². The van der Waals surface area contributed by atoms with Gasteiger partial charge in [0.1, 0.15) is 0 Å². The van der Waals surface area contributed by atoms with E-state index in [4.69, 9.17) is 11.6 Å². The van der Waals surface area contributed by atoms with Crippen molar-refractivity contribution in [3.05, 3.63) is 29.3 Å². The monoisotopic (exact) mass is 330 g/mol. The number of anilines is 1. The summed E-state index contributed by atoms with van der Waals surface area (Å²) in [4.78, 5) is 12.1. The van der Waals surface area contributed by atoms with Crippen LogP contribution in [-0.4, -0.2) is 37.5 Å². The highest BCUT2D eigenvalue weighted by molar-refractivity contribution is 7.88. The lowest BCUT2D eigenvalue weighted by molar-refractivity contribution is -0.116. The summed E-state index contributed by atoms with van der Waals surface area (Å²) >= 11 is 5.98. The van der Waals surface area contributed by atoms with Crippen LogP contribution in [0.2, 0.25) is 5.02 Å². The van der Waals surface area contributed by atoms with Crippen LogP contribution < -0.4 is 5.32 Å². The molecule has 0 saturated heterocycles. The molecule has 5 nitrogen and oxygen atoms in total. The van der Waals surface area contributed by atoms with Crippen molar-refractivity contribution in [2.45, 2.75) is 31.7 Å². The van der Waals surface area contributed by atoms with E-state index in [0.29, 0.717) is 10.7 Å². The number of rotatable bonds is 5. The van der Waals surface area contributed by atoms with Crippen LogP contribution in [0.1, 0.15) is 25.7 Å². The third-order valence-electron chi connectivity index (χ3n) is 3.61. The summed E-state index contributed by atoms with van der Waals surface area (Å²) < 4.78 is 25.1. The van der Waals surface area contributed by atoms with E-state index in [1.165, 1.54) is 4.31 Å². The maximum Gasteiger partial charge on any atom is 0.239 e. The molecular formula is C14H19ClN2O3S. The number of nitrogens with one attached hydrogen (secondary N) is 1. The molecule has 1 aliphatic rings. The van der Waals surface area contributed by atoms with Crippen LogP contribution in [-0.2, 0) is 14.8 Å². The second-order valence-electron chi connectivity index (χ2n) is 5.27. The first-order chi connectivity index (χ1) is 9.88. The Morgan fingerprint density at radius 1 is 1.33 bits per heavy atom. The fourth-order valence-corrected chi connectivity index (χ4v) is 3.89. The highest BCUT2D eigenvalue weighted by Gasteiger charge is 2.30. The Bertz CT molecular complexity index is 612. The molecule has 0 aromatic heterocycles. The lowest BCUT2D eigenvalue weighted by atomic mass is 10.2. The van der Waals surface area contributed by atoms with Gasteiger partial charge in [0.2, 0.25) is 15.9 Å².